The van der Waals surface area contributed by atoms with E-state index in [-0.39, 0.29) is 40.3 Å². The zero-order chi connectivity index (χ0) is 25.3. The second-order valence-electron chi connectivity index (χ2n) is 8.72. The maximum Gasteiger partial charge on any atom is 0.258 e. The van der Waals surface area contributed by atoms with E-state index in [1.807, 2.05) is 4.90 Å². The van der Waals surface area contributed by atoms with E-state index in [0.29, 0.717) is 29.9 Å². The largest absolute Gasteiger partial charge is 0.467 e. The topological polar surface area (TPSA) is 93.4 Å². The van der Waals surface area contributed by atoms with Crippen LogP contribution in [-0.2, 0) is 0 Å². The Morgan fingerprint density at radius 3 is 2.43 bits per heavy atom. The van der Waals surface area contributed by atoms with Crippen LogP contribution in [0.3, 0.4) is 0 Å². The minimum Gasteiger partial charge on any atom is -0.467 e. The number of nitrogens with two attached hydrogens (primary N) is 1. The molecule has 1 aromatic heterocycles. The normalized spacial score (nSPS) is 18.9. The predicted molar refractivity (Wildman–Crippen MR) is 130 cm³/mol. The third kappa shape index (κ3) is 5.36. The molecule has 10 heteroatoms. The molecule has 0 aliphatic carbocycles. The Kier molecular flexibility index (Phi) is 7.18. The van der Waals surface area contributed by atoms with E-state index in [0.717, 1.165) is 12.1 Å². The molecule has 0 saturated carbocycles. The van der Waals surface area contributed by atoms with Gasteiger partial charge in [-0.05, 0) is 45.0 Å². The van der Waals surface area contributed by atoms with Crippen molar-refractivity contribution in [2.24, 2.45) is 0 Å². The monoisotopic (exact) mass is 501 g/mol. The van der Waals surface area contributed by atoms with Crippen molar-refractivity contribution in [3.05, 3.63) is 70.4 Å². The Morgan fingerprint density at radius 1 is 1.14 bits per heavy atom. The van der Waals surface area contributed by atoms with Crippen molar-refractivity contribution in [1.29, 1.82) is 0 Å². The third-order valence-electron chi connectivity index (χ3n) is 5.81. The van der Waals surface area contributed by atoms with Gasteiger partial charge >= 0.3 is 0 Å². The summed E-state index contributed by atoms with van der Waals surface area (Å²) >= 11 is 5.94. The lowest BCUT2D eigenvalue weighted by atomic mass is 10.1. The van der Waals surface area contributed by atoms with E-state index in [9.17, 15) is 13.6 Å². The average molecular weight is 502 g/mol. The van der Waals surface area contributed by atoms with Crippen LogP contribution >= 0.6 is 11.6 Å². The Morgan fingerprint density at radius 2 is 1.77 bits per heavy atom. The molecule has 0 spiro atoms. The van der Waals surface area contributed by atoms with Crippen LogP contribution in [0.25, 0.3) is 11.3 Å². The molecule has 4 rings (SSSR count). The van der Waals surface area contributed by atoms with Gasteiger partial charge in [0, 0.05) is 41.9 Å². The van der Waals surface area contributed by atoms with E-state index >= 15 is 0 Å². The minimum atomic E-state index is -0.978. The summed E-state index contributed by atoms with van der Waals surface area (Å²) < 4.78 is 33.8. The SMILES string of the molecule is CC(Oc1nc(-c2ccc(C(=O)N3C[C@@H](C)N[C@@H](C)C3)cc2)cnc1N)c1c(F)ccc(F)c1Cl. The second kappa shape index (κ2) is 10.1. The van der Waals surface area contributed by atoms with E-state index < -0.39 is 17.7 Å². The first-order chi connectivity index (χ1) is 16.6. The molecule has 1 amide bonds. The number of nitrogens with zero attached hydrogens (tertiary/aromatic N) is 3. The fourth-order valence-electron chi connectivity index (χ4n) is 4.21. The average Bonchev–Trinajstić information content (AvgIpc) is 2.82. The molecule has 3 N–H and O–H groups in total. The van der Waals surface area contributed by atoms with Crippen molar-refractivity contribution in [1.82, 2.24) is 20.2 Å². The van der Waals surface area contributed by atoms with Crippen LogP contribution in [-0.4, -0.2) is 45.9 Å². The number of halogens is 3. The minimum absolute atomic E-state index is 0.0118. The highest BCUT2D eigenvalue weighted by Gasteiger charge is 2.26. The summed E-state index contributed by atoms with van der Waals surface area (Å²) in [4.78, 5) is 23.3. The van der Waals surface area contributed by atoms with E-state index in [2.05, 4.69) is 29.1 Å². The molecular weight excluding hydrogens is 476 g/mol. The Balaban J connectivity index is 1.54. The van der Waals surface area contributed by atoms with Crippen LogP contribution in [0.4, 0.5) is 14.6 Å². The van der Waals surface area contributed by atoms with Gasteiger partial charge < -0.3 is 20.7 Å². The molecule has 1 saturated heterocycles. The number of hydrogen-bond donors (Lipinski definition) is 2. The number of anilines is 1. The maximum absolute atomic E-state index is 14.3. The number of benzene rings is 2. The molecule has 2 heterocycles. The highest BCUT2D eigenvalue weighted by atomic mass is 35.5. The van der Waals surface area contributed by atoms with Gasteiger partial charge in [0.15, 0.2) is 5.82 Å². The summed E-state index contributed by atoms with van der Waals surface area (Å²) in [7, 11) is 0. The maximum atomic E-state index is 14.3. The van der Waals surface area contributed by atoms with Crippen LogP contribution in [0, 0.1) is 11.6 Å². The van der Waals surface area contributed by atoms with Gasteiger partial charge in [0.2, 0.25) is 0 Å². The van der Waals surface area contributed by atoms with E-state index in [1.54, 1.807) is 24.3 Å². The molecule has 3 aromatic rings. The molecule has 2 aromatic carbocycles. The number of piperazine rings is 1. The van der Waals surface area contributed by atoms with Crippen LogP contribution in [0.15, 0.2) is 42.6 Å². The molecule has 35 heavy (non-hydrogen) atoms. The first-order valence-electron chi connectivity index (χ1n) is 11.2. The number of nitrogens with one attached hydrogen (secondary N) is 1. The van der Waals surface area contributed by atoms with Crippen molar-refractivity contribution >= 4 is 23.3 Å². The Bertz CT molecular complexity index is 1230. The van der Waals surface area contributed by atoms with Gasteiger partial charge in [-0.2, -0.15) is 0 Å². The fraction of sp³-hybridized carbons (Fsp3) is 0.320. The van der Waals surface area contributed by atoms with Crippen LogP contribution in [0.5, 0.6) is 5.88 Å². The summed E-state index contributed by atoms with van der Waals surface area (Å²) in [6.45, 7) is 6.90. The molecule has 1 aliphatic rings. The molecule has 0 radical (unpaired) electrons. The Labute approximate surface area is 207 Å². The number of carbonyl (C=O) groups excluding carboxylic acids is 1. The van der Waals surface area contributed by atoms with Crippen molar-refractivity contribution in [2.45, 2.75) is 39.0 Å². The van der Waals surface area contributed by atoms with Crippen LogP contribution < -0.4 is 15.8 Å². The quantitative estimate of drug-likeness (QED) is 0.495. The summed E-state index contributed by atoms with van der Waals surface area (Å²) in [5.74, 6) is -1.56. The van der Waals surface area contributed by atoms with Gasteiger partial charge in [-0.25, -0.2) is 18.7 Å². The highest BCUT2D eigenvalue weighted by Crippen LogP contribution is 2.33. The smallest absolute Gasteiger partial charge is 0.258 e. The Hall–Kier alpha value is -3.30. The number of aromatic nitrogens is 2. The zero-order valence-electron chi connectivity index (χ0n) is 19.6. The number of ether oxygens (including phenoxy) is 1. The van der Waals surface area contributed by atoms with Gasteiger partial charge in [0.1, 0.15) is 17.7 Å². The number of amides is 1. The first-order valence-corrected chi connectivity index (χ1v) is 11.6. The van der Waals surface area contributed by atoms with E-state index in [4.69, 9.17) is 22.1 Å². The lowest BCUT2D eigenvalue weighted by Crippen LogP contribution is -2.55. The number of carbonyl (C=O) groups is 1. The van der Waals surface area contributed by atoms with Crippen molar-refractivity contribution in [3.63, 3.8) is 0 Å². The van der Waals surface area contributed by atoms with Gasteiger partial charge in [-0.1, -0.05) is 23.7 Å². The molecule has 7 nitrogen and oxygen atoms in total. The number of hydrogen-bond acceptors (Lipinski definition) is 6. The van der Waals surface area contributed by atoms with Gasteiger partial charge in [0.05, 0.1) is 16.9 Å². The second-order valence-corrected chi connectivity index (χ2v) is 9.10. The standard InChI is InChI=1S/C25H26ClF2N5O2/c1-13-11-33(12-14(2)31-13)25(34)17-6-4-16(5-7-17)20-10-30-23(29)24(32-20)35-15(3)21-18(27)8-9-19(28)22(21)26/h4-10,13-15,31H,11-12H2,1-3H3,(H2,29,30)/t13-,14+,15?. The first kappa shape index (κ1) is 24.8. The lowest BCUT2D eigenvalue weighted by molar-refractivity contribution is 0.0674. The summed E-state index contributed by atoms with van der Waals surface area (Å²) in [5.41, 5.74) is 7.47. The third-order valence-corrected chi connectivity index (χ3v) is 6.20. The fourth-order valence-corrected chi connectivity index (χ4v) is 4.51. The zero-order valence-corrected chi connectivity index (χ0v) is 20.3. The predicted octanol–water partition coefficient (Wildman–Crippen LogP) is 4.62. The van der Waals surface area contributed by atoms with Crippen LogP contribution in [0.2, 0.25) is 5.02 Å². The highest BCUT2D eigenvalue weighted by molar-refractivity contribution is 6.31. The molecule has 1 fully saturated rings. The van der Waals surface area contributed by atoms with Crippen molar-refractivity contribution in [2.75, 3.05) is 18.8 Å². The molecular formula is C25H26ClF2N5O2. The molecule has 1 aliphatic heterocycles. The van der Waals surface area contributed by atoms with Crippen molar-refractivity contribution < 1.29 is 18.3 Å². The summed E-state index contributed by atoms with van der Waals surface area (Å²) in [5, 5.41) is 3.04. The summed E-state index contributed by atoms with van der Waals surface area (Å²) in [6, 6.07) is 9.37. The molecule has 0 bridgehead atoms. The van der Waals surface area contributed by atoms with Gasteiger partial charge in [-0.3, -0.25) is 4.79 Å². The van der Waals surface area contributed by atoms with Gasteiger partial charge in [0.25, 0.3) is 11.8 Å². The number of rotatable bonds is 5. The summed E-state index contributed by atoms with van der Waals surface area (Å²) in [6.07, 6.45) is 0.493. The van der Waals surface area contributed by atoms with Crippen molar-refractivity contribution in [3.8, 4) is 17.1 Å². The van der Waals surface area contributed by atoms with Crippen LogP contribution in [0.1, 0.15) is 42.8 Å². The number of nitrogen functional groups attached to an aromatic ring is 1. The van der Waals surface area contributed by atoms with Gasteiger partial charge in [-0.15, -0.1) is 0 Å². The molecule has 3 atom stereocenters. The van der Waals surface area contributed by atoms with E-state index in [1.165, 1.54) is 13.1 Å². The molecule has 184 valence electrons. The lowest BCUT2D eigenvalue weighted by Gasteiger charge is -2.36. The molecule has 1 unspecified atom stereocenters.